The molecule has 0 saturated carbocycles. The fourth-order valence-corrected chi connectivity index (χ4v) is 2.39. The third kappa shape index (κ3) is 2.27. The lowest BCUT2D eigenvalue weighted by atomic mass is 10.1. The second-order valence-electron chi connectivity index (χ2n) is 4.91. The molecular formula is C16H14N2O3. The molecule has 0 bridgehead atoms. The van der Waals surface area contributed by atoms with Crippen molar-refractivity contribution in [3.8, 4) is 5.88 Å². The van der Waals surface area contributed by atoms with Gasteiger partial charge in [-0.1, -0.05) is 17.7 Å². The number of carbonyl (C=O) groups excluding carboxylic acids is 2. The third-order valence-electron chi connectivity index (χ3n) is 3.44. The Morgan fingerprint density at radius 2 is 2.00 bits per heavy atom. The molecule has 3 rings (SSSR count). The number of ketones is 1. The van der Waals surface area contributed by atoms with Crippen LogP contribution >= 0.6 is 0 Å². The minimum atomic E-state index is -0.514. The van der Waals surface area contributed by atoms with Crippen molar-refractivity contribution in [2.75, 3.05) is 12.0 Å². The quantitative estimate of drug-likeness (QED) is 0.809. The summed E-state index contributed by atoms with van der Waals surface area (Å²) in [5, 5.41) is 0. The van der Waals surface area contributed by atoms with Gasteiger partial charge in [-0.3, -0.25) is 14.5 Å². The maximum Gasteiger partial charge on any atom is 0.299 e. The first kappa shape index (κ1) is 13.3. The molecule has 0 fully saturated rings. The van der Waals surface area contributed by atoms with Crippen LogP contribution in [0.15, 0.2) is 36.4 Å². The van der Waals surface area contributed by atoms with Gasteiger partial charge >= 0.3 is 0 Å². The zero-order valence-electron chi connectivity index (χ0n) is 11.8. The van der Waals surface area contributed by atoms with Gasteiger partial charge < -0.3 is 4.74 Å². The molecule has 5 nitrogen and oxygen atoms in total. The molecule has 0 N–H and O–H groups in total. The molecule has 0 saturated heterocycles. The lowest BCUT2D eigenvalue weighted by Gasteiger charge is -2.16. The number of benzene rings is 1. The lowest BCUT2D eigenvalue weighted by molar-refractivity contribution is -0.114. The third-order valence-corrected chi connectivity index (χ3v) is 3.44. The molecule has 1 aromatic heterocycles. The number of rotatable bonds is 3. The van der Waals surface area contributed by atoms with Crippen LogP contribution < -0.4 is 9.64 Å². The summed E-state index contributed by atoms with van der Waals surface area (Å²) in [4.78, 5) is 29.9. The number of Topliss-reactive ketones (excluding diaryl/α,β-unsaturated/α-hetero) is 1. The van der Waals surface area contributed by atoms with Gasteiger partial charge in [0.25, 0.3) is 11.7 Å². The van der Waals surface area contributed by atoms with Gasteiger partial charge in [0.15, 0.2) is 0 Å². The summed E-state index contributed by atoms with van der Waals surface area (Å²) in [5.41, 5.74) is 2.73. The fourth-order valence-electron chi connectivity index (χ4n) is 2.39. The van der Waals surface area contributed by atoms with E-state index in [0.717, 1.165) is 5.56 Å². The molecule has 0 radical (unpaired) electrons. The Balaban J connectivity index is 1.96. The van der Waals surface area contributed by atoms with E-state index in [1.807, 2.05) is 13.0 Å². The van der Waals surface area contributed by atoms with Crippen molar-refractivity contribution in [2.24, 2.45) is 0 Å². The van der Waals surface area contributed by atoms with Crippen molar-refractivity contribution in [2.45, 2.75) is 13.5 Å². The second kappa shape index (κ2) is 5.01. The average molecular weight is 282 g/mol. The minimum absolute atomic E-state index is 0.248. The number of amides is 1. The predicted octanol–water partition coefficient (Wildman–Crippen LogP) is 2.13. The number of methoxy groups -OCH3 is 1. The van der Waals surface area contributed by atoms with E-state index in [-0.39, 0.29) is 6.54 Å². The van der Waals surface area contributed by atoms with Crippen LogP contribution in [0, 0.1) is 6.92 Å². The standard InChI is InChI=1S/C16H14N2O3/c1-10-6-7-13-12(8-10)15(19)16(20)18(13)9-11-4-3-5-14(17-11)21-2/h3-8H,9H2,1-2H3. The number of nitrogens with zero attached hydrogens (tertiary/aromatic N) is 2. The number of pyridine rings is 1. The molecule has 0 unspecified atom stereocenters. The highest BCUT2D eigenvalue weighted by molar-refractivity contribution is 6.52. The first-order chi connectivity index (χ1) is 10.1. The average Bonchev–Trinajstić information content (AvgIpc) is 2.72. The number of anilines is 1. The molecule has 1 amide bonds. The number of hydrogen-bond donors (Lipinski definition) is 0. The molecule has 0 atom stereocenters. The second-order valence-corrected chi connectivity index (χ2v) is 4.91. The summed E-state index contributed by atoms with van der Waals surface area (Å²) in [6.07, 6.45) is 0. The van der Waals surface area contributed by atoms with Crippen molar-refractivity contribution >= 4 is 17.4 Å². The molecule has 0 aliphatic carbocycles. The molecule has 106 valence electrons. The van der Waals surface area contributed by atoms with E-state index < -0.39 is 11.7 Å². The van der Waals surface area contributed by atoms with Crippen molar-refractivity contribution in [3.05, 3.63) is 53.2 Å². The van der Waals surface area contributed by atoms with Gasteiger partial charge in [-0.25, -0.2) is 4.98 Å². The van der Waals surface area contributed by atoms with Crippen molar-refractivity contribution < 1.29 is 14.3 Å². The van der Waals surface area contributed by atoms with Gasteiger partial charge in [0.1, 0.15) is 0 Å². The van der Waals surface area contributed by atoms with Gasteiger partial charge in [0, 0.05) is 6.07 Å². The highest BCUT2D eigenvalue weighted by Crippen LogP contribution is 2.30. The smallest absolute Gasteiger partial charge is 0.299 e. The maximum atomic E-state index is 12.1. The Hall–Kier alpha value is -2.69. The van der Waals surface area contributed by atoms with E-state index in [2.05, 4.69) is 4.98 Å². The summed E-state index contributed by atoms with van der Waals surface area (Å²) < 4.78 is 5.07. The zero-order valence-corrected chi connectivity index (χ0v) is 11.8. The Bertz CT molecular complexity index is 740. The van der Waals surface area contributed by atoms with E-state index in [0.29, 0.717) is 22.8 Å². The number of aromatic nitrogens is 1. The number of ether oxygens (including phenoxy) is 1. The summed E-state index contributed by atoms with van der Waals surface area (Å²) in [6, 6.07) is 10.8. The van der Waals surface area contributed by atoms with E-state index in [1.54, 1.807) is 30.3 Å². The van der Waals surface area contributed by atoms with Crippen LogP contribution in [0.1, 0.15) is 21.6 Å². The van der Waals surface area contributed by atoms with Gasteiger partial charge in [-0.05, 0) is 25.1 Å². The molecule has 21 heavy (non-hydrogen) atoms. The van der Waals surface area contributed by atoms with Crippen LogP contribution in [-0.4, -0.2) is 23.8 Å². The Morgan fingerprint density at radius 1 is 1.19 bits per heavy atom. The summed E-state index contributed by atoms with van der Waals surface area (Å²) >= 11 is 0. The molecule has 2 aromatic rings. The fraction of sp³-hybridized carbons (Fsp3) is 0.188. The first-order valence-corrected chi connectivity index (χ1v) is 6.57. The Morgan fingerprint density at radius 3 is 2.76 bits per heavy atom. The van der Waals surface area contributed by atoms with Crippen molar-refractivity contribution in [3.63, 3.8) is 0 Å². The molecule has 5 heteroatoms. The highest BCUT2D eigenvalue weighted by Gasteiger charge is 2.35. The summed E-state index contributed by atoms with van der Waals surface area (Å²) in [6.45, 7) is 2.14. The monoisotopic (exact) mass is 282 g/mol. The van der Waals surface area contributed by atoms with Crippen LogP contribution in [-0.2, 0) is 11.3 Å². The topological polar surface area (TPSA) is 59.5 Å². The number of carbonyl (C=O) groups is 2. The number of aryl methyl sites for hydroxylation is 1. The number of hydrogen-bond acceptors (Lipinski definition) is 4. The molecule has 2 heterocycles. The predicted molar refractivity (Wildman–Crippen MR) is 77.5 cm³/mol. The van der Waals surface area contributed by atoms with E-state index in [9.17, 15) is 9.59 Å². The van der Waals surface area contributed by atoms with E-state index in [4.69, 9.17) is 4.74 Å². The molecular weight excluding hydrogens is 268 g/mol. The van der Waals surface area contributed by atoms with Gasteiger partial charge in [0.05, 0.1) is 30.6 Å². The molecule has 1 aliphatic heterocycles. The first-order valence-electron chi connectivity index (χ1n) is 6.57. The van der Waals surface area contributed by atoms with Gasteiger partial charge in [-0.2, -0.15) is 0 Å². The van der Waals surface area contributed by atoms with Gasteiger partial charge in [0.2, 0.25) is 5.88 Å². The largest absolute Gasteiger partial charge is 0.481 e. The highest BCUT2D eigenvalue weighted by atomic mass is 16.5. The van der Waals surface area contributed by atoms with E-state index >= 15 is 0 Å². The molecule has 0 spiro atoms. The van der Waals surface area contributed by atoms with Crippen LogP contribution in [0.2, 0.25) is 0 Å². The SMILES string of the molecule is COc1cccc(CN2C(=O)C(=O)c3cc(C)ccc32)n1. The minimum Gasteiger partial charge on any atom is -0.481 e. The van der Waals surface area contributed by atoms with E-state index in [1.165, 1.54) is 12.0 Å². The van der Waals surface area contributed by atoms with Crippen molar-refractivity contribution in [1.82, 2.24) is 4.98 Å². The Kier molecular flexibility index (Phi) is 3.17. The van der Waals surface area contributed by atoms with Crippen LogP contribution in [0.25, 0.3) is 0 Å². The summed E-state index contributed by atoms with van der Waals surface area (Å²) in [7, 11) is 1.54. The van der Waals surface area contributed by atoms with Crippen molar-refractivity contribution in [1.29, 1.82) is 0 Å². The maximum absolute atomic E-state index is 12.1. The normalized spacial score (nSPS) is 13.5. The van der Waals surface area contributed by atoms with Crippen LogP contribution in [0.3, 0.4) is 0 Å². The summed E-state index contributed by atoms with van der Waals surface area (Å²) in [5.74, 6) is -0.494. The van der Waals surface area contributed by atoms with Crippen LogP contribution in [0.5, 0.6) is 5.88 Å². The molecule has 1 aliphatic rings. The zero-order chi connectivity index (χ0) is 15.0. The number of fused-ring (bicyclic) bond motifs is 1. The van der Waals surface area contributed by atoms with Crippen LogP contribution in [0.4, 0.5) is 5.69 Å². The van der Waals surface area contributed by atoms with Gasteiger partial charge in [-0.15, -0.1) is 0 Å². The Labute approximate surface area is 122 Å². The lowest BCUT2D eigenvalue weighted by Crippen LogP contribution is -2.29. The molecule has 1 aromatic carbocycles.